The third-order valence-electron chi connectivity index (χ3n) is 2.62. The van der Waals surface area contributed by atoms with E-state index < -0.39 is 38.5 Å². The molecule has 0 radical (unpaired) electrons. The molecule has 0 spiro atoms. The fourth-order valence-electron chi connectivity index (χ4n) is 1.58. The Bertz CT molecular complexity index is 538. The van der Waals surface area contributed by atoms with E-state index in [2.05, 4.69) is 5.32 Å². The molecule has 0 saturated carbocycles. The summed E-state index contributed by atoms with van der Waals surface area (Å²) in [6, 6.07) is 0.909. The molecule has 1 fully saturated rings. The van der Waals surface area contributed by atoms with Crippen molar-refractivity contribution in [2.75, 3.05) is 26.3 Å². The zero-order valence-electron chi connectivity index (χ0n) is 11.3. The maximum atomic E-state index is 11.2. The van der Waals surface area contributed by atoms with Crippen LogP contribution in [0, 0.1) is 20.2 Å². The summed E-state index contributed by atoms with van der Waals surface area (Å²) in [5.41, 5.74) is -2.95. The molecule has 0 bridgehead atoms. The number of nitrogens with two attached hydrogens (primary N) is 1. The minimum atomic E-state index is -1.75. The Hall–Kier alpha value is -2.79. The molecule has 2 rings (SSSR count). The molecule has 1 aliphatic rings. The van der Waals surface area contributed by atoms with Gasteiger partial charge in [-0.2, -0.15) is 0 Å². The molecule has 0 amide bonds. The number of carboxylic acids is 1. The van der Waals surface area contributed by atoms with Gasteiger partial charge in [0.1, 0.15) is 0 Å². The molecule has 11 heteroatoms. The Morgan fingerprint density at radius 2 is 1.77 bits per heavy atom. The predicted octanol–water partition coefficient (Wildman–Crippen LogP) is -1.15. The zero-order valence-corrected chi connectivity index (χ0v) is 11.3. The molecule has 0 unspecified atom stereocenters. The highest BCUT2D eigenvalue weighted by atomic mass is 16.6. The van der Waals surface area contributed by atoms with Gasteiger partial charge in [0.25, 0.3) is 11.4 Å². The molecule has 1 heterocycles. The standard InChI is InChI=1S/C7H4N2O7.C4H9NO/c10-6-4(7(11)12)1-3(8(13)14)2-5(6)9(15)16;1-3-6-4-2-5-1/h1-2,10H,(H,11,12);5H,1-4H2. The van der Waals surface area contributed by atoms with Crippen LogP contribution in [0.25, 0.3) is 0 Å². The quantitative estimate of drug-likeness (QED) is 0.519. The number of non-ortho nitro benzene ring substituents is 1. The van der Waals surface area contributed by atoms with Gasteiger partial charge in [-0.05, 0) is 5.75 Å². The van der Waals surface area contributed by atoms with Crippen LogP contribution < -0.4 is 10.4 Å². The molecule has 0 atom stereocenters. The molecule has 1 aliphatic heterocycles. The van der Waals surface area contributed by atoms with Crippen molar-refractivity contribution in [2.45, 2.75) is 0 Å². The van der Waals surface area contributed by atoms with E-state index in [0.29, 0.717) is 12.1 Å². The van der Waals surface area contributed by atoms with Crippen LogP contribution in [0.4, 0.5) is 11.4 Å². The second kappa shape index (κ2) is 7.85. The van der Waals surface area contributed by atoms with Gasteiger partial charge in [0.15, 0.2) is 0 Å². The van der Waals surface area contributed by atoms with E-state index in [-0.39, 0.29) is 0 Å². The van der Waals surface area contributed by atoms with Gasteiger partial charge in [-0.15, -0.1) is 0 Å². The largest absolute Gasteiger partial charge is 0.867 e. The predicted molar refractivity (Wildman–Crippen MR) is 68.6 cm³/mol. The summed E-state index contributed by atoms with van der Waals surface area (Å²) in [6.07, 6.45) is 0. The summed E-state index contributed by atoms with van der Waals surface area (Å²) in [4.78, 5) is 29.1. The van der Waals surface area contributed by atoms with E-state index >= 15 is 0 Å². The lowest BCUT2D eigenvalue weighted by Gasteiger charge is -2.09. The maximum Gasteiger partial charge on any atom is 0.335 e. The van der Waals surface area contributed by atoms with Gasteiger partial charge in [-0.1, -0.05) is 0 Å². The first kappa shape index (κ1) is 17.3. The van der Waals surface area contributed by atoms with Crippen LogP contribution in [0.5, 0.6) is 5.75 Å². The van der Waals surface area contributed by atoms with Crippen LogP contribution in [0.2, 0.25) is 0 Å². The van der Waals surface area contributed by atoms with Gasteiger partial charge < -0.3 is 20.3 Å². The monoisotopic (exact) mass is 315 g/mol. The molecule has 0 aliphatic carbocycles. The third kappa shape index (κ3) is 4.64. The number of rotatable bonds is 3. The molecule has 1 saturated heterocycles. The van der Waals surface area contributed by atoms with Gasteiger partial charge in [0.2, 0.25) is 0 Å². The first-order valence-electron chi connectivity index (χ1n) is 6.11. The van der Waals surface area contributed by atoms with Crippen molar-refractivity contribution in [1.29, 1.82) is 0 Å². The SMILES string of the molecule is C1COCC[NH2+]1.O=C(O)c1cc([N+](=O)[O-])cc([N+](=O)[O-])c1[O-]. The Morgan fingerprint density at radius 3 is 2.09 bits per heavy atom. The third-order valence-corrected chi connectivity index (χ3v) is 2.62. The van der Waals surface area contributed by atoms with Crippen LogP contribution in [-0.4, -0.2) is 47.2 Å². The number of carbonyl (C=O) groups is 1. The second-order valence-electron chi connectivity index (χ2n) is 4.14. The smallest absolute Gasteiger partial charge is 0.335 e. The highest BCUT2D eigenvalue weighted by molar-refractivity contribution is 5.93. The Balaban J connectivity index is 0.000000335. The first-order valence-corrected chi connectivity index (χ1v) is 6.11. The van der Waals surface area contributed by atoms with Gasteiger partial charge in [-0.3, -0.25) is 20.2 Å². The van der Waals surface area contributed by atoms with Crippen LogP contribution >= 0.6 is 0 Å². The molecule has 1 aromatic carbocycles. The Kier molecular flexibility index (Phi) is 6.16. The number of nitrogens with zero attached hydrogens (tertiary/aromatic N) is 2. The molecule has 120 valence electrons. The fraction of sp³-hybridized carbons (Fsp3) is 0.364. The van der Waals surface area contributed by atoms with Crippen molar-refractivity contribution < 1.29 is 34.9 Å². The van der Waals surface area contributed by atoms with Crippen LogP contribution in [0.3, 0.4) is 0 Å². The molecule has 1 aromatic rings. The average molecular weight is 315 g/mol. The van der Waals surface area contributed by atoms with E-state index in [1.807, 2.05) is 0 Å². The van der Waals surface area contributed by atoms with Crippen LogP contribution in [0.1, 0.15) is 10.4 Å². The van der Waals surface area contributed by atoms with Crippen LogP contribution in [0.15, 0.2) is 12.1 Å². The number of benzene rings is 1. The summed E-state index contributed by atoms with van der Waals surface area (Å²) in [5, 5.41) is 42.7. The number of nitro benzene ring substituents is 2. The number of hydrogen-bond donors (Lipinski definition) is 2. The lowest BCUT2D eigenvalue weighted by molar-refractivity contribution is -0.670. The van der Waals surface area contributed by atoms with Crippen molar-refractivity contribution >= 4 is 17.3 Å². The number of quaternary nitrogens is 1. The van der Waals surface area contributed by atoms with Crippen molar-refractivity contribution in [3.05, 3.63) is 37.9 Å². The summed E-state index contributed by atoms with van der Waals surface area (Å²) < 4.78 is 5.04. The summed E-state index contributed by atoms with van der Waals surface area (Å²) in [5.74, 6) is -3.11. The summed E-state index contributed by atoms with van der Waals surface area (Å²) >= 11 is 0. The first-order chi connectivity index (χ1) is 10.3. The number of morpholine rings is 1. The van der Waals surface area contributed by atoms with Crippen molar-refractivity contribution in [3.63, 3.8) is 0 Å². The number of aromatic carboxylic acids is 1. The highest BCUT2D eigenvalue weighted by Crippen LogP contribution is 2.31. The lowest BCUT2D eigenvalue weighted by Crippen LogP contribution is -2.87. The Morgan fingerprint density at radius 1 is 1.18 bits per heavy atom. The van der Waals surface area contributed by atoms with E-state index in [9.17, 15) is 30.1 Å². The van der Waals surface area contributed by atoms with Crippen molar-refractivity contribution in [2.24, 2.45) is 0 Å². The molecule has 0 aromatic heterocycles. The van der Waals surface area contributed by atoms with Gasteiger partial charge >= 0.3 is 5.97 Å². The van der Waals surface area contributed by atoms with Gasteiger partial charge in [-0.25, -0.2) is 4.79 Å². The number of nitro groups is 2. The minimum absolute atomic E-state index is 0.425. The fourth-order valence-corrected chi connectivity index (χ4v) is 1.58. The average Bonchev–Trinajstić information content (AvgIpc) is 2.49. The summed E-state index contributed by atoms with van der Waals surface area (Å²) in [6.45, 7) is 4.19. The molecule has 22 heavy (non-hydrogen) atoms. The van der Waals surface area contributed by atoms with Crippen molar-refractivity contribution in [1.82, 2.24) is 0 Å². The van der Waals surface area contributed by atoms with Crippen molar-refractivity contribution in [3.8, 4) is 5.75 Å². The van der Waals surface area contributed by atoms with E-state index in [4.69, 9.17) is 9.84 Å². The second-order valence-corrected chi connectivity index (χ2v) is 4.14. The molecular formula is C11H13N3O8. The Labute approximate surface area is 123 Å². The van der Waals surface area contributed by atoms with E-state index in [1.54, 1.807) is 0 Å². The number of hydrogen-bond acceptors (Lipinski definition) is 7. The normalized spacial score (nSPS) is 13.6. The molecule has 11 nitrogen and oxygen atoms in total. The maximum absolute atomic E-state index is 11.2. The molecule has 3 N–H and O–H groups in total. The van der Waals surface area contributed by atoms with Gasteiger partial charge in [0, 0.05) is 6.07 Å². The van der Waals surface area contributed by atoms with Gasteiger partial charge in [0.05, 0.1) is 47.8 Å². The minimum Gasteiger partial charge on any atom is -0.867 e. The number of carboxylic acid groups (broad SMARTS) is 1. The van der Waals surface area contributed by atoms with Crippen LogP contribution in [-0.2, 0) is 4.74 Å². The lowest BCUT2D eigenvalue weighted by atomic mass is 10.1. The topological polar surface area (TPSA) is 172 Å². The number of ether oxygens (including phenoxy) is 1. The van der Waals surface area contributed by atoms with E-state index in [0.717, 1.165) is 26.3 Å². The highest BCUT2D eigenvalue weighted by Gasteiger charge is 2.21. The zero-order chi connectivity index (χ0) is 16.7. The summed E-state index contributed by atoms with van der Waals surface area (Å²) in [7, 11) is 0. The van der Waals surface area contributed by atoms with E-state index in [1.165, 1.54) is 0 Å². The molecular weight excluding hydrogens is 302 g/mol.